The molecular weight excluding hydrogens is 268 g/mol. The first-order chi connectivity index (χ1) is 10.3. The maximum atomic E-state index is 12.1. The third-order valence-electron chi connectivity index (χ3n) is 3.22. The molecule has 0 amide bonds. The van der Waals surface area contributed by atoms with Gasteiger partial charge in [0.15, 0.2) is 5.69 Å². The lowest BCUT2D eigenvalue weighted by Gasteiger charge is -2.11. The van der Waals surface area contributed by atoms with Gasteiger partial charge in [-0.05, 0) is 31.9 Å². The third-order valence-corrected chi connectivity index (χ3v) is 3.22. The Balaban J connectivity index is 1.92. The first kappa shape index (κ1) is 13.5. The smallest absolute Gasteiger partial charge is 0.359 e. The third kappa shape index (κ3) is 3.16. The summed E-state index contributed by atoms with van der Waals surface area (Å²) in [5.41, 5.74) is 2.56. The molecule has 1 N–H and O–H groups in total. The molecule has 0 atom stereocenters. The molecule has 0 aliphatic heterocycles. The van der Waals surface area contributed by atoms with Crippen LogP contribution in [0.5, 0.6) is 0 Å². The molecule has 6 nitrogen and oxygen atoms in total. The number of nitrogens with zero attached hydrogens (tertiary/aromatic N) is 3. The molecule has 2 aromatic heterocycles. The van der Waals surface area contributed by atoms with Gasteiger partial charge in [0.2, 0.25) is 0 Å². The summed E-state index contributed by atoms with van der Waals surface area (Å²) in [6.07, 6.45) is 6.99. The minimum atomic E-state index is -0.417. The zero-order valence-electron chi connectivity index (χ0n) is 11.7. The predicted octanol–water partition coefficient (Wildman–Crippen LogP) is 2.67. The monoisotopic (exact) mass is 284 g/mol. The fourth-order valence-electron chi connectivity index (χ4n) is 2.06. The van der Waals surface area contributed by atoms with Crippen LogP contribution in [0.25, 0.3) is 0 Å². The number of carbonyl (C=O) groups excluding carboxylic acids is 1. The lowest BCUT2D eigenvalue weighted by atomic mass is 10.2. The van der Waals surface area contributed by atoms with E-state index >= 15 is 0 Å². The molecule has 0 spiro atoms. The summed E-state index contributed by atoms with van der Waals surface area (Å²) < 4.78 is 5.09. The van der Waals surface area contributed by atoms with E-state index < -0.39 is 5.97 Å². The van der Waals surface area contributed by atoms with Gasteiger partial charge in [-0.3, -0.25) is 0 Å². The van der Waals surface area contributed by atoms with Crippen LogP contribution in [0.4, 0.5) is 11.4 Å². The Kier molecular flexibility index (Phi) is 3.77. The van der Waals surface area contributed by atoms with E-state index in [1.807, 2.05) is 12.1 Å². The minimum Gasteiger partial charge on any atom is -0.461 e. The number of ether oxygens (including phenoxy) is 1. The molecule has 2 heterocycles. The average molecular weight is 284 g/mol. The van der Waals surface area contributed by atoms with Crippen molar-refractivity contribution in [3.05, 3.63) is 42.2 Å². The summed E-state index contributed by atoms with van der Waals surface area (Å²) in [5.74, 6) is 0.0617. The summed E-state index contributed by atoms with van der Waals surface area (Å²) in [7, 11) is 0. The van der Waals surface area contributed by atoms with Crippen LogP contribution in [0, 0.1) is 0 Å². The van der Waals surface area contributed by atoms with Gasteiger partial charge in [-0.25, -0.2) is 19.7 Å². The highest BCUT2D eigenvalue weighted by Gasteiger charge is 2.27. The van der Waals surface area contributed by atoms with Gasteiger partial charge in [0.05, 0.1) is 30.4 Å². The van der Waals surface area contributed by atoms with Crippen LogP contribution in [0.3, 0.4) is 0 Å². The second kappa shape index (κ2) is 5.87. The standard InChI is InChI=1S/C15H16N4O2/c1-2-21-15(20)14-13(18-11-7-16-9-17-8-11)6-5-12(19-14)10-3-4-10/h5-10,18H,2-4H2,1H3. The van der Waals surface area contributed by atoms with Crippen LogP contribution in [-0.2, 0) is 4.74 Å². The predicted molar refractivity (Wildman–Crippen MR) is 77.5 cm³/mol. The maximum Gasteiger partial charge on any atom is 0.359 e. The van der Waals surface area contributed by atoms with Gasteiger partial charge in [0.1, 0.15) is 6.33 Å². The molecule has 1 fully saturated rings. The van der Waals surface area contributed by atoms with Gasteiger partial charge in [0, 0.05) is 11.6 Å². The number of esters is 1. The number of anilines is 2. The number of pyridine rings is 1. The highest BCUT2D eigenvalue weighted by Crippen LogP contribution is 2.39. The fraction of sp³-hybridized carbons (Fsp3) is 0.333. The number of hydrogen-bond acceptors (Lipinski definition) is 6. The van der Waals surface area contributed by atoms with Crippen LogP contribution >= 0.6 is 0 Å². The van der Waals surface area contributed by atoms with Crippen LogP contribution in [-0.4, -0.2) is 27.5 Å². The topological polar surface area (TPSA) is 77.0 Å². The lowest BCUT2D eigenvalue weighted by Crippen LogP contribution is -2.11. The molecule has 0 saturated heterocycles. The van der Waals surface area contributed by atoms with Crippen LogP contribution in [0.15, 0.2) is 30.9 Å². The van der Waals surface area contributed by atoms with Gasteiger partial charge in [0.25, 0.3) is 0 Å². The van der Waals surface area contributed by atoms with Gasteiger partial charge in [-0.2, -0.15) is 0 Å². The van der Waals surface area contributed by atoms with Crippen LogP contribution in [0.1, 0.15) is 41.9 Å². The van der Waals surface area contributed by atoms with Crippen LogP contribution < -0.4 is 5.32 Å². The van der Waals surface area contributed by atoms with Crippen molar-refractivity contribution < 1.29 is 9.53 Å². The zero-order chi connectivity index (χ0) is 14.7. The molecule has 2 aromatic rings. The number of aromatic nitrogens is 3. The second-order valence-corrected chi connectivity index (χ2v) is 4.88. The highest BCUT2D eigenvalue weighted by atomic mass is 16.5. The minimum absolute atomic E-state index is 0.310. The number of rotatable bonds is 5. The molecule has 3 rings (SSSR count). The van der Waals surface area contributed by atoms with E-state index in [-0.39, 0.29) is 0 Å². The summed E-state index contributed by atoms with van der Waals surface area (Å²) in [6, 6.07) is 3.81. The maximum absolute atomic E-state index is 12.1. The largest absolute Gasteiger partial charge is 0.461 e. The van der Waals surface area contributed by atoms with Crippen molar-refractivity contribution >= 4 is 17.3 Å². The molecule has 21 heavy (non-hydrogen) atoms. The quantitative estimate of drug-likeness (QED) is 0.851. The van der Waals surface area contributed by atoms with E-state index in [1.165, 1.54) is 6.33 Å². The van der Waals surface area contributed by atoms with Gasteiger partial charge < -0.3 is 10.1 Å². The van der Waals surface area contributed by atoms with Gasteiger partial charge >= 0.3 is 5.97 Å². The number of hydrogen-bond donors (Lipinski definition) is 1. The summed E-state index contributed by atoms with van der Waals surface area (Å²) in [5, 5.41) is 3.11. The zero-order valence-corrected chi connectivity index (χ0v) is 11.7. The molecule has 0 radical (unpaired) electrons. The molecule has 0 aromatic carbocycles. The lowest BCUT2D eigenvalue weighted by molar-refractivity contribution is 0.0520. The molecule has 6 heteroatoms. The normalized spacial score (nSPS) is 13.8. The van der Waals surface area contributed by atoms with Crippen molar-refractivity contribution in [1.82, 2.24) is 15.0 Å². The van der Waals surface area contributed by atoms with Crippen molar-refractivity contribution in [2.24, 2.45) is 0 Å². The number of nitrogens with one attached hydrogen (secondary N) is 1. The number of carbonyl (C=O) groups is 1. The van der Waals surface area contributed by atoms with Crippen molar-refractivity contribution in [3.8, 4) is 0 Å². The average Bonchev–Trinajstić information content (AvgIpc) is 3.34. The summed E-state index contributed by atoms with van der Waals surface area (Å²) in [4.78, 5) is 24.4. The van der Waals surface area contributed by atoms with E-state index in [4.69, 9.17) is 4.74 Å². The molecule has 0 bridgehead atoms. The van der Waals surface area contributed by atoms with E-state index in [0.29, 0.717) is 29.6 Å². The van der Waals surface area contributed by atoms with Crippen LogP contribution in [0.2, 0.25) is 0 Å². The Bertz CT molecular complexity index is 641. The molecule has 1 aliphatic rings. The first-order valence-electron chi connectivity index (χ1n) is 6.98. The summed E-state index contributed by atoms with van der Waals surface area (Å²) >= 11 is 0. The van der Waals surface area contributed by atoms with E-state index in [9.17, 15) is 4.79 Å². The molecule has 0 unspecified atom stereocenters. The van der Waals surface area contributed by atoms with E-state index in [2.05, 4.69) is 20.3 Å². The van der Waals surface area contributed by atoms with E-state index in [1.54, 1.807) is 19.3 Å². The first-order valence-corrected chi connectivity index (χ1v) is 6.98. The van der Waals surface area contributed by atoms with Crippen molar-refractivity contribution in [1.29, 1.82) is 0 Å². The van der Waals surface area contributed by atoms with Gasteiger partial charge in [-0.1, -0.05) is 0 Å². The van der Waals surface area contributed by atoms with Crippen molar-refractivity contribution in [3.63, 3.8) is 0 Å². The Labute approximate surface area is 122 Å². The molecular formula is C15H16N4O2. The Hall–Kier alpha value is -2.50. The molecule has 108 valence electrons. The Morgan fingerprint density at radius 3 is 2.76 bits per heavy atom. The van der Waals surface area contributed by atoms with Crippen molar-refractivity contribution in [2.45, 2.75) is 25.7 Å². The molecule has 1 aliphatic carbocycles. The molecule has 1 saturated carbocycles. The van der Waals surface area contributed by atoms with E-state index in [0.717, 1.165) is 18.5 Å². The SMILES string of the molecule is CCOC(=O)c1nc(C2CC2)ccc1Nc1cncnc1. The van der Waals surface area contributed by atoms with Crippen molar-refractivity contribution in [2.75, 3.05) is 11.9 Å². The fourth-order valence-corrected chi connectivity index (χ4v) is 2.06. The Morgan fingerprint density at radius 2 is 2.10 bits per heavy atom. The second-order valence-electron chi connectivity index (χ2n) is 4.88. The highest BCUT2D eigenvalue weighted by molar-refractivity contribution is 5.94. The summed E-state index contributed by atoms with van der Waals surface area (Å²) in [6.45, 7) is 2.10. The Morgan fingerprint density at radius 1 is 1.33 bits per heavy atom. The van der Waals surface area contributed by atoms with Gasteiger partial charge in [-0.15, -0.1) is 0 Å².